The number of benzene rings is 1. The number of aryl methyl sites for hydroxylation is 1. The Kier molecular flexibility index (Phi) is 9.34. The summed E-state index contributed by atoms with van der Waals surface area (Å²) in [6, 6.07) is 7.82. The second-order valence-corrected chi connectivity index (χ2v) is 6.16. The fraction of sp³-hybridized carbons (Fsp3) is 0.455. The zero-order chi connectivity index (χ0) is 20.4. The molecule has 1 heterocycles. The Labute approximate surface area is 163 Å². The number of likely N-dealkylation sites (tertiary alicyclic amines) is 1. The Balaban J connectivity index is 0.00000176. The molecule has 0 radical (unpaired) electrons. The summed E-state index contributed by atoms with van der Waals surface area (Å²) >= 11 is 0. The highest BCUT2D eigenvalue weighted by atomic mass is 16.5. The summed E-state index contributed by atoms with van der Waals surface area (Å²) in [6.45, 7) is 12.5. The molecule has 1 aliphatic heterocycles. The molecule has 1 saturated heterocycles. The van der Waals surface area contributed by atoms with Crippen molar-refractivity contribution >= 4 is 17.5 Å². The molecule has 1 amide bonds. The van der Waals surface area contributed by atoms with Crippen LogP contribution in [-0.4, -0.2) is 43.5 Å². The highest BCUT2D eigenvalue weighted by Gasteiger charge is 2.34. The summed E-state index contributed by atoms with van der Waals surface area (Å²) in [7, 11) is 3.12. The highest BCUT2D eigenvalue weighted by Crippen LogP contribution is 2.24. The van der Waals surface area contributed by atoms with E-state index in [1.807, 2.05) is 45.0 Å². The van der Waals surface area contributed by atoms with Gasteiger partial charge in [0.05, 0.1) is 26.2 Å². The fourth-order valence-electron chi connectivity index (χ4n) is 3.00. The molecule has 5 heteroatoms. The number of ether oxygens (including phenoxy) is 2. The third-order valence-electron chi connectivity index (χ3n) is 4.24. The number of carbonyl (C=O) groups excluding carboxylic acids is 1. The van der Waals surface area contributed by atoms with Crippen molar-refractivity contribution in [3.8, 4) is 0 Å². The van der Waals surface area contributed by atoms with Crippen molar-refractivity contribution in [2.24, 2.45) is 4.99 Å². The molecule has 0 aromatic heterocycles. The summed E-state index contributed by atoms with van der Waals surface area (Å²) in [4.78, 5) is 19.0. The van der Waals surface area contributed by atoms with Crippen LogP contribution in [0.3, 0.4) is 0 Å². The first-order valence-electron chi connectivity index (χ1n) is 9.37. The molecule has 27 heavy (non-hydrogen) atoms. The summed E-state index contributed by atoms with van der Waals surface area (Å²) in [5, 5.41) is 0. The lowest BCUT2D eigenvalue weighted by molar-refractivity contribution is -0.127. The number of nitrogens with zero attached hydrogens (tertiary/aromatic N) is 2. The van der Waals surface area contributed by atoms with Gasteiger partial charge in [0.2, 0.25) is 5.90 Å². The van der Waals surface area contributed by atoms with E-state index in [1.54, 1.807) is 18.9 Å². The third-order valence-corrected chi connectivity index (χ3v) is 4.24. The molecule has 1 aromatic carbocycles. The van der Waals surface area contributed by atoms with E-state index in [0.717, 1.165) is 24.0 Å². The first kappa shape index (κ1) is 22.5. The van der Waals surface area contributed by atoms with Gasteiger partial charge < -0.3 is 14.4 Å². The molecule has 0 N–H and O–H groups in total. The number of hydrogen-bond donors (Lipinski definition) is 0. The van der Waals surface area contributed by atoms with Crippen LogP contribution in [0.5, 0.6) is 0 Å². The van der Waals surface area contributed by atoms with E-state index in [9.17, 15) is 4.79 Å². The van der Waals surface area contributed by atoms with E-state index in [0.29, 0.717) is 23.7 Å². The van der Waals surface area contributed by atoms with Gasteiger partial charge in [-0.15, -0.1) is 0 Å². The normalized spacial score (nSPS) is 17.1. The Hall–Kier alpha value is -2.56. The Bertz CT molecular complexity index is 707. The molecular weight excluding hydrogens is 340 g/mol. The third kappa shape index (κ3) is 5.98. The van der Waals surface area contributed by atoms with Gasteiger partial charge in [0.25, 0.3) is 5.91 Å². The van der Waals surface area contributed by atoms with E-state index in [4.69, 9.17) is 9.47 Å². The molecular formula is C22H32N2O3. The summed E-state index contributed by atoms with van der Waals surface area (Å²) < 4.78 is 10.5. The van der Waals surface area contributed by atoms with Crippen LogP contribution in [0.25, 0.3) is 5.70 Å². The second kappa shape index (κ2) is 11.2. The van der Waals surface area contributed by atoms with Gasteiger partial charge in [0.15, 0.2) is 0 Å². The Morgan fingerprint density at radius 3 is 2.63 bits per heavy atom. The van der Waals surface area contributed by atoms with E-state index in [1.165, 1.54) is 13.4 Å². The Morgan fingerprint density at radius 2 is 2.04 bits per heavy atom. The monoisotopic (exact) mass is 372 g/mol. The number of methoxy groups -OCH3 is 2. The number of aliphatic imine (C=N–C) groups is 1. The van der Waals surface area contributed by atoms with Crippen molar-refractivity contribution in [2.75, 3.05) is 20.8 Å². The van der Waals surface area contributed by atoms with Crippen molar-refractivity contribution in [3.63, 3.8) is 0 Å². The van der Waals surface area contributed by atoms with E-state index >= 15 is 0 Å². The molecule has 0 bridgehead atoms. The highest BCUT2D eigenvalue weighted by molar-refractivity contribution is 5.97. The van der Waals surface area contributed by atoms with Crippen LogP contribution in [0.15, 0.2) is 47.7 Å². The molecule has 0 aliphatic carbocycles. The summed E-state index contributed by atoms with van der Waals surface area (Å²) in [5.74, 6) is 0.456. The van der Waals surface area contributed by atoms with E-state index < -0.39 is 0 Å². The Morgan fingerprint density at radius 1 is 1.33 bits per heavy atom. The summed E-state index contributed by atoms with van der Waals surface area (Å²) in [6.07, 6.45) is 3.20. The van der Waals surface area contributed by atoms with Gasteiger partial charge in [-0.3, -0.25) is 4.79 Å². The van der Waals surface area contributed by atoms with Gasteiger partial charge in [0, 0.05) is 12.1 Å². The molecule has 0 saturated carbocycles. The van der Waals surface area contributed by atoms with Crippen LogP contribution in [-0.2, 0) is 14.3 Å². The largest absolute Gasteiger partial charge is 0.504 e. The van der Waals surface area contributed by atoms with Crippen molar-refractivity contribution in [3.05, 3.63) is 53.8 Å². The van der Waals surface area contributed by atoms with E-state index in [-0.39, 0.29) is 11.9 Å². The van der Waals surface area contributed by atoms with Gasteiger partial charge in [-0.1, -0.05) is 44.2 Å². The SMILES string of the molecule is C=C(N=C(OC)C1CCCN1C(=O)/C(C)=C/OC)c1cccc(C)c1.CC. The predicted octanol–water partition coefficient (Wildman–Crippen LogP) is 4.58. The van der Waals surface area contributed by atoms with Gasteiger partial charge in [0.1, 0.15) is 6.04 Å². The van der Waals surface area contributed by atoms with Gasteiger partial charge in [-0.25, -0.2) is 4.99 Å². The predicted molar refractivity (Wildman–Crippen MR) is 112 cm³/mol. The zero-order valence-corrected chi connectivity index (χ0v) is 17.4. The molecule has 1 aliphatic rings. The minimum Gasteiger partial charge on any atom is -0.504 e. The van der Waals surface area contributed by atoms with Crippen LogP contribution in [0.2, 0.25) is 0 Å². The van der Waals surface area contributed by atoms with Crippen molar-refractivity contribution in [1.82, 2.24) is 4.90 Å². The van der Waals surface area contributed by atoms with Crippen LogP contribution in [0.1, 0.15) is 44.7 Å². The smallest absolute Gasteiger partial charge is 0.253 e. The lowest BCUT2D eigenvalue weighted by Crippen LogP contribution is -2.41. The molecule has 5 nitrogen and oxygen atoms in total. The molecule has 0 spiro atoms. The van der Waals surface area contributed by atoms with Crippen LogP contribution >= 0.6 is 0 Å². The number of carbonyl (C=O) groups is 1. The molecule has 2 rings (SSSR count). The molecule has 148 valence electrons. The topological polar surface area (TPSA) is 51.1 Å². The number of hydrogen-bond acceptors (Lipinski definition) is 4. The minimum absolute atomic E-state index is 0.0599. The van der Waals surface area contributed by atoms with Crippen LogP contribution < -0.4 is 0 Å². The van der Waals surface area contributed by atoms with Gasteiger partial charge in [-0.05, 0) is 38.3 Å². The molecule has 1 fully saturated rings. The second-order valence-electron chi connectivity index (χ2n) is 6.16. The van der Waals surface area contributed by atoms with E-state index in [2.05, 4.69) is 11.6 Å². The maximum atomic E-state index is 12.6. The molecule has 1 unspecified atom stereocenters. The van der Waals surface area contributed by atoms with Crippen LogP contribution in [0.4, 0.5) is 0 Å². The van der Waals surface area contributed by atoms with Crippen molar-refractivity contribution in [1.29, 1.82) is 0 Å². The minimum atomic E-state index is -0.181. The summed E-state index contributed by atoms with van der Waals surface area (Å²) in [5.41, 5.74) is 3.28. The van der Waals surface area contributed by atoms with Gasteiger partial charge >= 0.3 is 0 Å². The van der Waals surface area contributed by atoms with Crippen LogP contribution in [0, 0.1) is 6.92 Å². The first-order valence-corrected chi connectivity index (χ1v) is 9.37. The molecule has 1 atom stereocenters. The van der Waals surface area contributed by atoms with Crippen molar-refractivity contribution in [2.45, 2.75) is 46.6 Å². The first-order chi connectivity index (χ1) is 13.0. The standard InChI is InChI=1S/C20H26N2O3.C2H6/c1-14-8-6-9-17(12-14)16(3)21-19(25-5)18-10-7-11-22(18)20(23)15(2)13-24-4;1-2/h6,8-9,12-13,18H,3,7,10-11H2,1-2,4-5H3;1-2H3/b15-13+,21-19?;. The maximum absolute atomic E-state index is 12.6. The lowest BCUT2D eigenvalue weighted by atomic mass is 10.1. The average Bonchev–Trinajstić information content (AvgIpc) is 3.16. The van der Waals surface area contributed by atoms with Crippen molar-refractivity contribution < 1.29 is 14.3 Å². The number of amides is 1. The quantitative estimate of drug-likeness (QED) is 0.329. The zero-order valence-electron chi connectivity index (χ0n) is 17.4. The average molecular weight is 373 g/mol. The van der Waals surface area contributed by atoms with Gasteiger partial charge in [-0.2, -0.15) is 0 Å². The number of rotatable bonds is 5. The molecule has 1 aromatic rings. The lowest BCUT2D eigenvalue weighted by Gasteiger charge is -2.25. The maximum Gasteiger partial charge on any atom is 0.253 e. The fourth-order valence-corrected chi connectivity index (χ4v) is 3.00.